The van der Waals surface area contributed by atoms with Gasteiger partial charge in [-0.3, -0.25) is 4.79 Å². The summed E-state index contributed by atoms with van der Waals surface area (Å²) in [6, 6.07) is 10.2. The van der Waals surface area contributed by atoms with E-state index in [2.05, 4.69) is 5.32 Å². The number of hydrogen-bond acceptors (Lipinski definition) is 5. The van der Waals surface area contributed by atoms with Crippen molar-refractivity contribution in [1.29, 1.82) is 0 Å². The van der Waals surface area contributed by atoms with E-state index in [9.17, 15) is 9.59 Å². The number of rotatable bonds is 8. The van der Waals surface area contributed by atoms with Crippen LogP contribution in [0, 0.1) is 6.92 Å². The molecule has 0 fully saturated rings. The van der Waals surface area contributed by atoms with Gasteiger partial charge < -0.3 is 19.5 Å². The summed E-state index contributed by atoms with van der Waals surface area (Å²) in [5.74, 6) is -0.427. The second-order valence-corrected chi connectivity index (χ2v) is 6.65. The van der Waals surface area contributed by atoms with E-state index in [1.165, 1.54) is 26.2 Å². The molecule has 0 radical (unpaired) electrons. The summed E-state index contributed by atoms with van der Waals surface area (Å²) in [6.45, 7) is 5.89. The summed E-state index contributed by atoms with van der Waals surface area (Å²) >= 11 is 6.22. The highest BCUT2D eigenvalue weighted by molar-refractivity contribution is 6.32. The Balaban J connectivity index is 2.07. The van der Waals surface area contributed by atoms with Crippen molar-refractivity contribution < 1.29 is 23.8 Å². The summed E-state index contributed by atoms with van der Waals surface area (Å²) < 4.78 is 16.1. The lowest BCUT2D eigenvalue weighted by molar-refractivity contribution is -0.123. The predicted molar refractivity (Wildman–Crippen MR) is 108 cm³/mol. The molecule has 0 aliphatic heterocycles. The lowest BCUT2D eigenvalue weighted by Gasteiger charge is -2.16. The molecule has 7 heteroatoms. The third-order valence-electron chi connectivity index (χ3n) is 3.89. The van der Waals surface area contributed by atoms with E-state index in [-0.39, 0.29) is 10.6 Å². The third-order valence-corrected chi connectivity index (χ3v) is 4.17. The Kier molecular flexibility index (Phi) is 7.70. The Labute approximate surface area is 169 Å². The van der Waals surface area contributed by atoms with Crippen LogP contribution in [0.25, 0.3) is 0 Å². The summed E-state index contributed by atoms with van der Waals surface area (Å²) in [5.41, 5.74) is 1.87. The van der Waals surface area contributed by atoms with Crippen LogP contribution < -0.4 is 14.8 Å². The van der Waals surface area contributed by atoms with E-state index in [1.807, 2.05) is 26.0 Å². The molecule has 1 amide bonds. The zero-order valence-corrected chi connectivity index (χ0v) is 17.1. The SMILES string of the molecule is CCCOc1c(Cl)cc(C(=O)O[C@H](C)C(=O)Nc2ccc(C)cc2)cc1OC. The summed E-state index contributed by atoms with van der Waals surface area (Å²) in [6.07, 6.45) is -0.189. The molecule has 0 unspecified atom stereocenters. The van der Waals surface area contributed by atoms with Gasteiger partial charge in [0.2, 0.25) is 0 Å². The van der Waals surface area contributed by atoms with Crippen molar-refractivity contribution >= 4 is 29.2 Å². The standard InChI is InChI=1S/C21H24ClNO5/c1-5-10-27-19-17(22)11-15(12-18(19)26-4)21(25)28-14(3)20(24)23-16-8-6-13(2)7-9-16/h6-9,11-12,14H,5,10H2,1-4H3,(H,23,24)/t14-/m1/s1. The number of methoxy groups -OCH3 is 1. The lowest BCUT2D eigenvalue weighted by atomic mass is 10.2. The topological polar surface area (TPSA) is 73.9 Å². The highest BCUT2D eigenvalue weighted by Gasteiger charge is 2.22. The fourth-order valence-corrected chi connectivity index (χ4v) is 2.61. The lowest BCUT2D eigenvalue weighted by Crippen LogP contribution is -2.30. The zero-order valence-electron chi connectivity index (χ0n) is 16.4. The van der Waals surface area contributed by atoms with E-state index in [0.717, 1.165) is 12.0 Å². The minimum atomic E-state index is -0.991. The summed E-state index contributed by atoms with van der Waals surface area (Å²) in [4.78, 5) is 24.7. The molecule has 0 aliphatic rings. The predicted octanol–water partition coefficient (Wildman–Crippen LogP) is 4.63. The second-order valence-electron chi connectivity index (χ2n) is 6.24. The average molecular weight is 406 g/mol. The van der Waals surface area contributed by atoms with Gasteiger partial charge in [0, 0.05) is 5.69 Å². The van der Waals surface area contributed by atoms with Gasteiger partial charge in [-0.25, -0.2) is 4.79 Å². The number of benzene rings is 2. The largest absolute Gasteiger partial charge is 0.493 e. The Morgan fingerprint density at radius 3 is 2.46 bits per heavy atom. The average Bonchev–Trinajstić information content (AvgIpc) is 2.68. The van der Waals surface area contributed by atoms with E-state index >= 15 is 0 Å². The van der Waals surface area contributed by atoms with Crippen LogP contribution in [-0.4, -0.2) is 31.7 Å². The first-order chi connectivity index (χ1) is 13.3. The number of carbonyl (C=O) groups excluding carboxylic acids is 2. The highest BCUT2D eigenvalue weighted by Crippen LogP contribution is 2.36. The molecule has 1 atom stereocenters. The van der Waals surface area contributed by atoms with Crippen LogP contribution in [0.3, 0.4) is 0 Å². The number of hydrogen-bond donors (Lipinski definition) is 1. The minimum Gasteiger partial charge on any atom is -0.493 e. The molecule has 0 heterocycles. The molecule has 0 spiro atoms. The van der Waals surface area contributed by atoms with Crippen molar-refractivity contribution in [1.82, 2.24) is 0 Å². The quantitative estimate of drug-likeness (QED) is 0.648. The van der Waals surface area contributed by atoms with Crippen LogP contribution in [0.4, 0.5) is 5.69 Å². The van der Waals surface area contributed by atoms with Crippen LogP contribution in [0.1, 0.15) is 36.2 Å². The van der Waals surface area contributed by atoms with Gasteiger partial charge in [-0.15, -0.1) is 0 Å². The van der Waals surface area contributed by atoms with Gasteiger partial charge in [0.05, 0.1) is 24.3 Å². The number of ether oxygens (including phenoxy) is 3. The molecule has 1 N–H and O–H groups in total. The van der Waals surface area contributed by atoms with Crippen LogP contribution in [0.2, 0.25) is 5.02 Å². The highest BCUT2D eigenvalue weighted by atomic mass is 35.5. The maximum absolute atomic E-state index is 12.4. The fraction of sp³-hybridized carbons (Fsp3) is 0.333. The molecule has 0 saturated carbocycles. The Morgan fingerprint density at radius 2 is 1.86 bits per heavy atom. The molecule has 0 aromatic heterocycles. The molecule has 6 nitrogen and oxygen atoms in total. The van der Waals surface area contributed by atoms with Gasteiger partial charge in [0.1, 0.15) is 0 Å². The molecule has 0 saturated heterocycles. The number of nitrogens with one attached hydrogen (secondary N) is 1. The molecular formula is C21H24ClNO5. The Morgan fingerprint density at radius 1 is 1.18 bits per heavy atom. The van der Waals surface area contributed by atoms with Crippen LogP contribution in [0.5, 0.6) is 11.5 Å². The van der Waals surface area contributed by atoms with Gasteiger partial charge in [0.25, 0.3) is 5.91 Å². The van der Waals surface area contributed by atoms with E-state index in [1.54, 1.807) is 12.1 Å². The first kappa shape index (κ1) is 21.6. The molecule has 2 aromatic carbocycles. The number of aryl methyl sites for hydroxylation is 1. The fourth-order valence-electron chi connectivity index (χ4n) is 2.34. The van der Waals surface area contributed by atoms with Gasteiger partial charge in [0.15, 0.2) is 17.6 Å². The number of carbonyl (C=O) groups is 2. The number of amides is 1. The Bertz CT molecular complexity index is 835. The number of halogens is 1. The van der Waals surface area contributed by atoms with Crippen LogP contribution in [-0.2, 0) is 9.53 Å². The van der Waals surface area contributed by atoms with Crippen molar-refractivity contribution in [3.63, 3.8) is 0 Å². The van der Waals surface area contributed by atoms with Gasteiger partial charge in [-0.1, -0.05) is 36.2 Å². The number of esters is 1. The summed E-state index contributed by atoms with van der Waals surface area (Å²) in [7, 11) is 1.46. The van der Waals surface area contributed by atoms with Gasteiger partial charge >= 0.3 is 5.97 Å². The molecule has 150 valence electrons. The maximum Gasteiger partial charge on any atom is 0.339 e. The minimum absolute atomic E-state index is 0.167. The smallest absolute Gasteiger partial charge is 0.339 e. The second kappa shape index (κ2) is 9.99. The first-order valence-corrected chi connectivity index (χ1v) is 9.32. The van der Waals surface area contributed by atoms with Gasteiger partial charge in [-0.2, -0.15) is 0 Å². The van der Waals surface area contributed by atoms with Crippen molar-refractivity contribution in [2.75, 3.05) is 19.0 Å². The van der Waals surface area contributed by atoms with Crippen molar-refractivity contribution in [3.8, 4) is 11.5 Å². The maximum atomic E-state index is 12.4. The molecule has 2 rings (SSSR count). The first-order valence-electron chi connectivity index (χ1n) is 8.94. The van der Waals surface area contributed by atoms with Crippen molar-refractivity contribution in [2.24, 2.45) is 0 Å². The molecule has 0 aliphatic carbocycles. The van der Waals surface area contributed by atoms with E-state index in [4.69, 9.17) is 25.8 Å². The van der Waals surface area contributed by atoms with E-state index in [0.29, 0.717) is 23.8 Å². The van der Waals surface area contributed by atoms with Crippen molar-refractivity contribution in [3.05, 3.63) is 52.5 Å². The normalized spacial score (nSPS) is 11.5. The zero-order chi connectivity index (χ0) is 20.7. The van der Waals surface area contributed by atoms with Gasteiger partial charge in [-0.05, 0) is 44.5 Å². The Hall–Kier alpha value is -2.73. The number of anilines is 1. The van der Waals surface area contributed by atoms with Crippen LogP contribution >= 0.6 is 11.6 Å². The summed E-state index contributed by atoms with van der Waals surface area (Å²) in [5, 5.41) is 2.94. The molecule has 0 bridgehead atoms. The van der Waals surface area contributed by atoms with Crippen molar-refractivity contribution in [2.45, 2.75) is 33.3 Å². The monoisotopic (exact) mass is 405 g/mol. The van der Waals surface area contributed by atoms with E-state index < -0.39 is 18.0 Å². The third kappa shape index (κ3) is 5.63. The molecule has 2 aromatic rings. The van der Waals surface area contributed by atoms with Crippen LogP contribution in [0.15, 0.2) is 36.4 Å². The molecular weight excluding hydrogens is 382 g/mol. The molecule has 28 heavy (non-hydrogen) atoms.